The second kappa shape index (κ2) is 10.0. The molecule has 0 aromatic carbocycles. The standard InChI is InChI=1S/C12H26N2O2S.ClH/c1-2-11-17(15,16)14-10-9-13-12-7-5-3-4-6-8-12;/h12-14H,2-11H2,1H3;1H. The Bertz CT molecular complexity index is 288. The maximum absolute atomic E-state index is 11.4. The van der Waals surface area contributed by atoms with Crippen LogP contribution >= 0.6 is 12.4 Å². The molecule has 1 rings (SSSR count). The van der Waals surface area contributed by atoms with E-state index in [4.69, 9.17) is 0 Å². The number of nitrogens with one attached hydrogen (secondary N) is 2. The molecule has 0 aromatic rings. The van der Waals surface area contributed by atoms with Crippen molar-refractivity contribution in [3.05, 3.63) is 0 Å². The Hall–Kier alpha value is 0.160. The second-order valence-corrected chi connectivity index (χ2v) is 6.78. The molecule has 18 heavy (non-hydrogen) atoms. The molecule has 1 saturated carbocycles. The molecular formula is C12H27ClN2O2S. The molecule has 0 atom stereocenters. The van der Waals surface area contributed by atoms with Crippen LogP contribution in [0.15, 0.2) is 0 Å². The third kappa shape index (κ3) is 8.29. The topological polar surface area (TPSA) is 58.2 Å². The van der Waals surface area contributed by atoms with Gasteiger partial charge in [0.05, 0.1) is 5.75 Å². The van der Waals surface area contributed by atoms with Gasteiger partial charge in [0.15, 0.2) is 0 Å². The number of hydrogen-bond acceptors (Lipinski definition) is 3. The Morgan fingerprint density at radius 1 is 1.06 bits per heavy atom. The van der Waals surface area contributed by atoms with Crippen LogP contribution in [0, 0.1) is 0 Å². The Labute approximate surface area is 118 Å². The van der Waals surface area contributed by atoms with Crippen LogP contribution in [-0.2, 0) is 10.0 Å². The van der Waals surface area contributed by atoms with Crippen molar-refractivity contribution in [1.82, 2.24) is 10.0 Å². The van der Waals surface area contributed by atoms with Crippen molar-refractivity contribution in [3.63, 3.8) is 0 Å². The minimum Gasteiger partial charge on any atom is -0.313 e. The van der Waals surface area contributed by atoms with Crippen molar-refractivity contribution in [3.8, 4) is 0 Å². The van der Waals surface area contributed by atoms with Crippen LogP contribution in [0.3, 0.4) is 0 Å². The lowest BCUT2D eigenvalue weighted by atomic mass is 10.1. The maximum Gasteiger partial charge on any atom is 0.211 e. The molecule has 0 amide bonds. The summed E-state index contributed by atoms with van der Waals surface area (Å²) in [6.45, 7) is 3.13. The second-order valence-electron chi connectivity index (χ2n) is 4.86. The lowest BCUT2D eigenvalue weighted by molar-refractivity contribution is 0.461. The van der Waals surface area contributed by atoms with Crippen LogP contribution in [-0.4, -0.2) is 33.3 Å². The van der Waals surface area contributed by atoms with Crippen molar-refractivity contribution < 1.29 is 8.42 Å². The van der Waals surface area contributed by atoms with Crippen LogP contribution < -0.4 is 10.0 Å². The van der Waals surface area contributed by atoms with E-state index < -0.39 is 10.0 Å². The zero-order valence-corrected chi connectivity index (χ0v) is 12.9. The summed E-state index contributed by atoms with van der Waals surface area (Å²) in [4.78, 5) is 0. The summed E-state index contributed by atoms with van der Waals surface area (Å²) in [5, 5.41) is 3.45. The number of rotatable bonds is 7. The molecule has 0 unspecified atom stereocenters. The van der Waals surface area contributed by atoms with E-state index in [1.165, 1.54) is 38.5 Å². The fourth-order valence-electron chi connectivity index (χ4n) is 2.31. The van der Waals surface area contributed by atoms with Gasteiger partial charge in [-0.3, -0.25) is 0 Å². The van der Waals surface area contributed by atoms with Gasteiger partial charge in [-0.2, -0.15) is 0 Å². The Balaban J connectivity index is 0.00000289. The predicted octanol–water partition coefficient (Wildman–Crippen LogP) is 2.05. The highest BCUT2D eigenvalue weighted by molar-refractivity contribution is 7.89. The van der Waals surface area contributed by atoms with Crippen LogP contribution in [0.4, 0.5) is 0 Å². The number of hydrogen-bond donors (Lipinski definition) is 2. The third-order valence-electron chi connectivity index (χ3n) is 3.21. The van der Waals surface area contributed by atoms with Crippen LogP contribution in [0.5, 0.6) is 0 Å². The minimum absolute atomic E-state index is 0. The Kier molecular flexibility index (Phi) is 10.1. The van der Waals surface area contributed by atoms with Gasteiger partial charge in [-0.1, -0.05) is 32.6 Å². The molecule has 110 valence electrons. The average Bonchev–Trinajstić information content (AvgIpc) is 2.53. The van der Waals surface area contributed by atoms with E-state index in [1.54, 1.807) is 0 Å². The lowest BCUT2D eigenvalue weighted by Gasteiger charge is -2.16. The van der Waals surface area contributed by atoms with Gasteiger partial charge in [-0.25, -0.2) is 13.1 Å². The third-order valence-corrected chi connectivity index (χ3v) is 4.80. The van der Waals surface area contributed by atoms with E-state index >= 15 is 0 Å². The minimum atomic E-state index is -3.03. The highest BCUT2D eigenvalue weighted by atomic mass is 35.5. The largest absolute Gasteiger partial charge is 0.313 e. The molecule has 0 radical (unpaired) electrons. The van der Waals surface area contributed by atoms with E-state index in [0.717, 1.165) is 6.54 Å². The molecule has 1 fully saturated rings. The first-order valence-corrected chi connectivity index (χ1v) is 8.50. The van der Waals surface area contributed by atoms with Gasteiger partial charge >= 0.3 is 0 Å². The summed E-state index contributed by atoms with van der Waals surface area (Å²) in [6.07, 6.45) is 8.45. The predicted molar refractivity (Wildman–Crippen MR) is 78.8 cm³/mol. The molecule has 1 aliphatic rings. The first-order chi connectivity index (χ1) is 8.14. The zero-order chi connectivity index (χ0) is 12.6. The number of sulfonamides is 1. The van der Waals surface area contributed by atoms with E-state index in [-0.39, 0.29) is 18.2 Å². The number of halogens is 1. The van der Waals surface area contributed by atoms with Gasteiger partial charge in [-0.05, 0) is 19.3 Å². The van der Waals surface area contributed by atoms with Crippen molar-refractivity contribution in [1.29, 1.82) is 0 Å². The lowest BCUT2D eigenvalue weighted by Crippen LogP contribution is -2.37. The van der Waals surface area contributed by atoms with E-state index in [9.17, 15) is 8.42 Å². The van der Waals surface area contributed by atoms with Crippen molar-refractivity contribution in [2.45, 2.75) is 57.9 Å². The smallest absolute Gasteiger partial charge is 0.211 e. The first kappa shape index (κ1) is 18.2. The molecule has 0 spiro atoms. The van der Waals surface area contributed by atoms with E-state index in [1.807, 2.05) is 6.92 Å². The van der Waals surface area contributed by atoms with Crippen molar-refractivity contribution >= 4 is 22.4 Å². The summed E-state index contributed by atoms with van der Waals surface area (Å²) < 4.78 is 25.4. The molecule has 2 N–H and O–H groups in total. The quantitative estimate of drug-likeness (QED) is 0.559. The molecule has 0 heterocycles. The highest BCUT2D eigenvalue weighted by Gasteiger charge is 2.12. The van der Waals surface area contributed by atoms with Crippen molar-refractivity contribution in [2.24, 2.45) is 0 Å². The molecule has 4 nitrogen and oxygen atoms in total. The van der Waals surface area contributed by atoms with Gasteiger partial charge in [0.25, 0.3) is 0 Å². The highest BCUT2D eigenvalue weighted by Crippen LogP contribution is 2.16. The van der Waals surface area contributed by atoms with Gasteiger partial charge in [0.2, 0.25) is 10.0 Å². The normalized spacial score (nSPS) is 18.1. The summed E-state index contributed by atoms with van der Waals surface area (Å²) in [7, 11) is -3.03. The summed E-state index contributed by atoms with van der Waals surface area (Å²) in [5.74, 6) is 0.233. The fourth-order valence-corrected chi connectivity index (χ4v) is 3.40. The van der Waals surface area contributed by atoms with Crippen molar-refractivity contribution in [2.75, 3.05) is 18.8 Å². The molecule has 0 saturated heterocycles. The van der Waals surface area contributed by atoms with Gasteiger partial charge in [0.1, 0.15) is 0 Å². The molecule has 0 aliphatic heterocycles. The van der Waals surface area contributed by atoms with Gasteiger partial charge < -0.3 is 5.32 Å². The van der Waals surface area contributed by atoms with E-state index in [2.05, 4.69) is 10.0 Å². The maximum atomic E-state index is 11.4. The van der Waals surface area contributed by atoms with Gasteiger partial charge in [0, 0.05) is 19.1 Å². The summed E-state index contributed by atoms with van der Waals surface area (Å²) in [5.41, 5.74) is 0. The zero-order valence-electron chi connectivity index (χ0n) is 11.3. The van der Waals surface area contributed by atoms with Crippen LogP contribution in [0.2, 0.25) is 0 Å². The Morgan fingerprint density at radius 3 is 2.22 bits per heavy atom. The SMILES string of the molecule is CCCS(=O)(=O)NCCNC1CCCCCC1.Cl. The fraction of sp³-hybridized carbons (Fsp3) is 1.00. The average molecular weight is 299 g/mol. The van der Waals surface area contributed by atoms with Gasteiger partial charge in [-0.15, -0.1) is 12.4 Å². The summed E-state index contributed by atoms with van der Waals surface area (Å²) >= 11 is 0. The molecule has 0 bridgehead atoms. The summed E-state index contributed by atoms with van der Waals surface area (Å²) in [6, 6.07) is 0.591. The van der Waals surface area contributed by atoms with E-state index in [0.29, 0.717) is 19.0 Å². The van der Waals surface area contributed by atoms with Crippen LogP contribution in [0.25, 0.3) is 0 Å². The monoisotopic (exact) mass is 298 g/mol. The molecular weight excluding hydrogens is 272 g/mol. The first-order valence-electron chi connectivity index (χ1n) is 6.85. The Morgan fingerprint density at radius 2 is 1.67 bits per heavy atom. The molecule has 6 heteroatoms. The molecule has 0 aromatic heterocycles. The molecule has 1 aliphatic carbocycles. The van der Waals surface area contributed by atoms with Crippen LogP contribution in [0.1, 0.15) is 51.9 Å².